The van der Waals surface area contributed by atoms with Gasteiger partial charge in [0, 0.05) is 24.2 Å². The van der Waals surface area contributed by atoms with Crippen LogP contribution in [0.15, 0.2) is 24.3 Å². The van der Waals surface area contributed by atoms with Gasteiger partial charge in [0.1, 0.15) is 0 Å². The van der Waals surface area contributed by atoms with Crippen molar-refractivity contribution in [1.29, 1.82) is 0 Å². The standard InChI is InChI=1S/C18H38OSi4/c1-16-12-14-17(15-13-16)23(11,19)18(20(2,3)4,21(5,6)7)22(8,9)10/h12-15,19H,1-11H3. The Balaban J connectivity index is 3.86. The zero-order valence-electron chi connectivity index (χ0n) is 17.3. The summed E-state index contributed by atoms with van der Waals surface area (Å²) in [5.74, 6) is 0. The van der Waals surface area contributed by atoms with E-state index in [1.807, 2.05) is 0 Å². The van der Waals surface area contributed by atoms with Crippen molar-refractivity contribution in [3.8, 4) is 0 Å². The first kappa shape index (κ1) is 21.1. The maximum atomic E-state index is 12.2. The van der Waals surface area contributed by atoms with E-state index in [0.717, 1.165) is 0 Å². The summed E-state index contributed by atoms with van der Waals surface area (Å²) in [7, 11) is -7.42. The van der Waals surface area contributed by atoms with Crippen molar-refractivity contribution in [3.05, 3.63) is 29.8 Å². The lowest BCUT2D eigenvalue weighted by molar-refractivity contribution is 0.551. The predicted octanol–water partition coefficient (Wildman–Crippen LogP) is 5.14. The Labute approximate surface area is 148 Å². The van der Waals surface area contributed by atoms with E-state index in [1.165, 1.54) is 10.8 Å². The molecule has 1 aromatic rings. The Bertz CT molecular complexity index is 506. The van der Waals surface area contributed by atoms with Gasteiger partial charge < -0.3 is 4.80 Å². The van der Waals surface area contributed by atoms with E-state index in [1.54, 1.807) is 0 Å². The van der Waals surface area contributed by atoms with Gasteiger partial charge in [-0.2, -0.15) is 0 Å². The van der Waals surface area contributed by atoms with Crippen LogP contribution in [0, 0.1) is 6.92 Å². The van der Waals surface area contributed by atoms with Gasteiger partial charge in [-0.15, -0.1) is 0 Å². The van der Waals surface area contributed by atoms with Crippen LogP contribution in [0.1, 0.15) is 5.56 Å². The van der Waals surface area contributed by atoms with Crippen LogP contribution >= 0.6 is 0 Å². The van der Waals surface area contributed by atoms with E-state index in [-0.39, 0.29) is 3.91 Å². The Morgan fingerprint density at radius 1 is 0.652 bits per heavy atom. The van der Waals surface area contributed by atoms with Crippen LogP contribution in [0.2, 0.25) is 69.4 Å². The molecular weight excluding hydrogens is 345 g/mol. The lowest BCUT2D eigenvalue weighted by Crippen LogP contribution is -2.79. The van der Waals surface area contributed by atoms with Crippen molar-refractivity contribution in [2.45, 2.75) is 76.3 Å². The zero-order chi connectivity index (χ0) is 18.5. The average Bonchev–Trinajstić information content (AvgIpc) is 2.22. The molecule has 0 amide bonds. The number of hydrogen-bond acceptors (Lipinski definition) is 1. The summed E-state index contributed by atoms with van der Waals surface area (Å²) < 4.78 is 0.218. The minimum Gasteiger partial charge on any atom is -0.428 e. The van der Waals surface area contributed by atoms with E-state index in [4.69, 9.17) is 0 Å². The summed E-state index contributed by atoms with van der Waals surface area (Å²) in [4.78, 5) is 12.2. The molecular formula is C18H38OSi4. The van der Waals surface area contributed by atoms with Gasteiger partial charge in [-0.05, 0) is 22.6 Å². The fourth-order valence-corrected chi connectivity index (χ4v) is 53.7. The topological polar surface area (TPSA) is 20.2 Å². The van der Waals surface area contributed by atoms with E-state index < -0.39 is 32.5 Å². The molecule has 1 aromatic carbocycles. The van der Waals surface area contributed by atoms with E-state index in [0.29, 0.717) is 0 Å². The number of hydrogen-bond donors (Lipinski definition) is 1. The predicted molar refractivity (Wildman–Crippen MR) is 117 cm³/mol. The average molecular weight is 383 g/mol. The molecule has 1 N–H and O–H groups in total. The Morgan fingerprint density at radius 3 is 1.22 bits per heavy atom. The van der Waals surface area contributed by atoms with Crippen molar-refractivity contribution in [2.75, 3.05) is 0 Å². The zero-order valence-corrected chi connectivity index (χ0v) is 21.3. The summed E-state index contributed by atoms with van der Waals surface area (Å²) in [6.45, 7) is 27.0. The van der Waals surface area contributed by atoms with Crippen LogP contribution in [0.3, 0.4) is 0 Å². The second-order valence-corrected chi connectivity index (χ2v) is 32.7. The molecule has 132 valence electrons. The van der Waals surface area contributed by atoms with E-state index in [2.05, 4.69) is 96.7 Å². The van der Waals surface area contributed by atoms with Gasteiger partial charge in [0.15, 0.2) is 0 Å². The van der Waals surface area contributed by atoms with Crippen LogP contribution in [-0.2, 0) is 0 Å². The highest BCUT2D eigenvalue weighted by Gasteiger charge is 2.69. The second kappa shape index (κ2) is 6.09. The maximum absolute atomic E-state index is 12.2. The molecule has 0 aliphatic rings. The van der Waals surface area contributed by atoms with Gasteiger partial charge in [-0.1, -0.05) is 88.8 Å². The normalized spacial score (nSPS) is 17.0. The molecule has 0 bridgehead atoms. The highest BCUT2D eigenvalue weighted by molar-refractivity contribution is 7.30. The third kappa shape index (κ3) is 3.27. The van der Waals surface area contributed by atoms with Crippen LogP contribution in [0.5, 0.6) is 0 Å². The lowest BCUT2D eigenvalue weighted by atomic mass is 10.2. The summed E-state index contributed by atoms with van der Waals surface area (Å²) in [5, 5.41) is 1.25. The molecule has 0 aliphatic heterocycles. The van der Waals surface area contributed by atoms with Gasteiger partial charge in [0.05, 0.1) is 0 Å². The van der Waals surface area contributed by atoms with Crippen LogP contribution in [0.25, 0.3) is 0 Å². The van der Waals surface area contributed by atoms with Gasteiger partial charge in [0.2, 0.25) is 8.32 Å². The molecule has 1 rings (SSSR count). The van der Waals surface area contributed by atoms with Gasteiger partial charge >= 0.3 is 0 Å². The molecule has 0 spiro atoms. The van der Waals surface area contributed by atoms with Crippen LogP contribution < -0.4 is 5.19 Å². The molecule has 5 heteroatoms. The molecule has 0 aromatic heterocycles. The summed E-state index contributed by atoms with van der Waals surface area (Å²) >= 11 is 0. The first-order valence-electron chi connectivity index (χ1n) is 8.79. The van der Waals surface area contributed by atoms with Crippen molar-refractivity contribution < 1.29 is 4.80 Å². The van der Waals surface area contributed by atoms with Gasteiger partial charge in [-0.25, -0.2) is 0 Å². The second-order valence-electron chi connectivity index (χ2n) is 10.4. The first-order valence-corrected chi connectivity index (χ1v) is 21.7. The molecule has 0 radical (unpaired) electrons. The molecule has 1 unspecified atom stereocenters. The summed E-state index contributed by atoms with van der Waals surface area (Å²) in [6, 6.07) is 8.80. The van der Waals surface area contributed by atoms with E-state index >= 15 is 0 Å². The lowest BCUT2D eigenvalue weighted by Gasteiger charge is -2.64. The Hall–Kier alpha value is 0.0475. The molecule has 0 saturated carbocycles. The molecule has 1 atom stereocenters. The number of aryl methyl sites for hydroxylation is 1. The number of benzene rings is 1. The molecule has 0 heterocycles. The molecule has 0 fully saturated rings. The van der Waals surface area contributed by atoms with Crippen molar-refractivity contribution in [3.63, 3.8) is 0 Å². The maximum Gasteiger partial charge on any atom is 0.215 e. The van der Waals surface area contributed by atoms with Gasteiger partial charge in [0.25, 0.3) is 0 Å². The molecule has 0 aliphatic carbocycles. The fourth-order valence-electron chi connectivity index (χ4n) is 6.66. The Kier molecular flexibility index (Phi) is 5.58. The van der Waals surface area contributed by atoms with E-state index in [9.17, 15) is 4.80 Å². The van der Waals surface area contributed by atoms with Crippen molar-refractivity contribution in [1.82, 2.24) is 0 Å². The quantitative estimate of drug-likeness (QED) is 0.699. The fraction of sp³-hybridized carbons (Fsp3) is 0.667. The highest BCUT2D eigenvalue weighted by atomic mass is 28.5. The van der Waals surface area contributed by atoms with Crippen molar-refractivity contribution >= 4 is 37.7 Å². The SMILES string of the molecule is Cc1ccc([Si](C)(O)C([Si](C)(C)C)([Si](C)(C)C)[Si](C)(C)C)cc1. The molecule has 0 saturated heterocycles. The molecule has 23 heavy (non-hydrogen) atoms. The van der Waals surface area contributed by atoms with Gasteiger partial charge in [-0.3, -0.25) is 0 Å². The molecule has 1 nitrogen and oxygen atoms in total. The summed E-state index contributed by atoms with van der Waals surface area (Å²) in [5.41, 5.74) is 1.28. The first-order chi connectivity index (χ1) is 10.00. The van der Waals surface area contributed by atoms with Crippen LogP contribution in [0.4, 0.5) is 0 Å². The third-order valence-corrected chi connectivity index (χ3v) is 40.0. The van der Waals surface area contributed by atoms with Crippen molar-refractivity contribution in [2.24, 2.45) is 0 Å². The number of rotatable bonds is 5. The minimum absolute atomic E-state index is 0.218. The largest absolute Gasteiger partial charge is 0.428 e. The highest BCUT2D eigenvalue weighted by Crippen LogP contribution is 2.58. The summed E-state index contributed by atoms with van der Waals surface area (Å²) in [6.07, 6.45) is 0. The van der Waals surface area contributed by atoms with Crippen LogP contribution in [-0.4, -0.2) is 37.3 Å². The minimum atomic E-state index is -2.60. The Morgan fingerprint density at radius 2 is 0.957 bits per heavy atom. The smallest absolute Gasteiger partial charge is 0.215 e. The third-order valence-electron chi connectivity index (χ3n) is 5.72. The monoisotopic (exact) mass is 382 g/mol.